The van der Waals surface area contributed by atoms with Gasteiger partial charge < -0.3 is 5.73 Å². The Kier molecular flexibility index (Phi) is 4.63. The van der Waals surface area contributed by atoms with Crippen LogP contribution in [0.25, 0.3) is 0 Å². The summed E-state index contributed by atoms with van der Waals surface area (Å²) in [5.41, 5.74) is 5.85. The van der Waals surface area contributed by atoms with Crippen molar-refractivity contribution in [2.45, 2.75) is 11.8 Å². The number of sulfonamides is 1. The van der Waals surface area contributed by atoms with Gasteiger partial charge in [0.05, 0.1) is 11.0 Å². The summed E-state index contributed by atoms with van der Waals surface area (Å²) in [7, 11) is -3.58. The highest BCUT2D eigenvalue weighted by atomic mass is 32.2. The largest absolute Gasteiger partial charge is 0.399 e. The first-order chi connectivity index (χ1) is 6.41. The molecule has 1 aromatic carbocycles. The lowest BCUT2D eigenvalue weighted by molar-refractivity contribution is 0.598. The van der Waals surface area contributed by atoms with E-state index >= 15 is 0 Å². The van der Waals surface area contributed by atoms with E-state index in [4.69, 9.17) is 16.1 Å². The van der Waals surface area contributed by atoms with Crippen molar-refractivity contribution in [3.8, 4) is 6.07 Å². The van der Waals surface area contributed by atoms with Gasteiger partial charge in [-0.1, -0.05) is 0 Å². The summed E-state index contributed by atoms with van der Waals surface area (Å²) in [6.07, 6.45) is 0. The number of nitriles is 1. The summed E-state index contributed by atoms with van der Waals surface area (Å²) in [4.78, 5) is 0.0756. The van der Waals surface area contributed by atoms with Crippen molar-refractivity contribution in [2.24, 2.45) is 5.14 Å². The van der Waals surface area contributed by atoms with E-state index < -0.39 is 10.0 Å². The molecule has 14 heavy (non-hydrogen) atoms. The molecule has 76 valence electrons. The Morgan fingerprint density at radius 1 is 1.29 bits per heavy atom. The van der Waals surface area contributed by atoms with Crippen LogP contribution in [-0.2, 0) is 10.0 Å². The predicted octanol–water partition coefficient (Wildman–Crippen LogP) is 0.446. The molecule has 1 aromatic rings. The first-order valence-electron chi connectivity index (χ1n) is 3.61. The van der Waals surface area contributed by atoms with Crippen LogP contribution in [0.4, 0.5) is 5.69 Å². The molecule has 0 unspecified atom stereocenters. The molecular formula is C8H11N3O2S. The molecule has 0 amide bonds. The number of benzene rings is 1. The van der Waals surface area contributed by atoms with Crippen molar-refractivity contribution in [2.75, 3.05) is 5.73 Å². The van der Waals surface area contributed by atoms with Gasteiger partial charge in [0.1, 0.15) is 0 Å². The molecule has 0 radical (unpaired) electrons. The number of nitrogens with zero attached hydrogens (tertiary/aromatic N) is 1. The topological polar surface area (TPSA) is 110 Å². The van der Waals surface area contributed by atoms with E-state index in [1.807, 2.05) is 0 Å². The highest BCUT2D eigenvalue weighted by Crippen LogP contribution is 2.08. The van der Waals surface area contributed by atoms with E-state index in [1.54, 1.807) is 6.07 Å². The number of rotatable bonds is 1. The average Bonchev–Trinajstić information content (AvgIpc) is 2.04. The minimum absolute atomic E-state index is 0.0756. The molecule has 0 aliphatic carbocycles. The smallest absolute Gasteiger partial charge is 0.238 e. The van der Waals surface area contributed by atoms with Gasteiger partial charge in [-0.05, 0) is 24.3 Å². The van der Waals surface area contributed by atoms with Crippen LogP contribution >= 0.6 is 0 Å². The van der Waals surface area contributed by atoms with Crippen molar-refractivity contribution in [1.82, 2.24) is 0 Å². The van der Waals surface area contributed by atoms with Crippen LogP contribution < -0.4 is 10.9 Å². The molecule has 1 rings (SSSR count). The molecule has 0 heterocycles. The zero-order valence-corrected chi connectivity index (χ0v) is 8.45. The highest BCUT2D eigenvalue weighted by Gasteiger charge is 2.04. The summed E-state index contributed by atoms with van der Waals surface area (Å²) < 4.78 is 21.4. The second-order valence-electron chi connectivity index (χ2n) is 2.34. The molecule has 0 bridgehead atoms. The molecular weight excluding hydrogens is 202 g/mol. The van der Waals surface area contributed by atoms with Crippen molar-refractivity contribution < 1.29 is 8.42 Å². The zero-order chi connectivity index (χ0) is 11.2. The van der Waals surface area contributed by atoms with E-state index in [2.05, 4.69) is 0 Å². The molecule has 0 fully saturated rings. The third kappa shape index (κ3) is 4.45. The highest BCUT2D eigenvalue weighted by molar-refractivity contribution is 7.89. The van der Waals surface area contributed by atoms with Crippen LogP contribution in [0.1, 0.15) is 6.92 Å². The molecule has 0 aliphatic heterocycles. The molecule has 6 heteroatoms. The van der Waals surface area contributed by atoms with Gasteiger partial charge in [-0.15, -0.1) is 0 Å². The Labute approximate surface area is 83.0 Å². The van der Waals surface area contributed by atoms with Crippen molar-refractivity contribution in [1.29, 1.82) is 5.26 Å². The lowest BCUT2D eigenvalue weighted by Gasteiger charge is -1.96. The van der Waals surface area contributed by atoms with E-state index in [0.717, 1.165) is 0 Å². The predicted molar refractivity (Wildman–Crippen MR) is 53.5 cm³/mol. The maximum absolute atomic E-state index is 10.7. The van der Waals surface area contributed by atoms with Crippen LogP contribution in [0.5, 0.6) is 0 Å². The molecule has 0 spiro atoms. The van der Waals surface area contributed by atoms with Gasteiger partial charge in [0.25, 0.3) is 0 Å². The third-order valence-electron chi connectivity index (χ3n) is 1.21. The Bertz CT molecular complexity index is 417. The minimum Gasteiger partial charge on any atom is -0.399 e. The van der Waals surface area contributed by atoms with Crippen molar-refractivity contribution in [3.05, 3.63) is 24.3 Å². The Balaban J connectivity index is 0.000000500. The summed E-state index contributed by atoms with van der Waals surface area (Å²) in [5.74, 6) is 0. The lowest BCUT2D eigenvalue weighted by atomic mass is 10.3. The first kappa shape index (κ1) is 12.4. The number of nitrogen functional groups attached to an aromatic ring is 1. The van der Waals surface area contributed by atoms with E-state index in [-0.39, 0.29) is 4.90 Å². The fraction of sp³-hybridized carbons (Fsp3) is 0.125. The average molecular weight is 213 g/mol. The minimum atomic E-state index is -3.58. The summed E-state index contributed by atoms with van der Waals surface area (Å²) >= 11 is 0. The maximum atomic E-state index is 10.7. The fourth-order valence-corrected chi connectivity index (χ4v) is 1.17. The molecule has 0 saturated heterocycles. The van der Waals surface area contributed by atoms with Gasteiger partial charge in [-0.25, -0.2) is 13.6 Å². The number of hydrogen-bond donors (Lipinski definition) is 2. The van der Waals surface area contributed by atoms with Gasteiger partial charge in [0.2, 0.25) is 10.0 Å². The summed E-state index contributed by atoms with van der Waals surface area (Å²) in [6, 6.07) is 7.45. The molecule has 4 N–H and O–H groups in total. The Hall–Kier alpha value is -1.58. The number of nitrogens with two attached hydrogens (primary N) is 2. The van der Waals surface area contributed by atoms with Crippen LogP contribution in [0.3, 0.4) is 0 Å². The number of hydrogen-bond acceptors (Lipinski definition) is 4. The van der Waals surface area contributed by atoms with Crippen molar-refractivity contribution >= 4 is 15.7 Å². The van der Waals surface area contributed by atoms with Crippen LogP contribution in [0, 0.1) is 11.3 Å². The second-order valence-corrected chi connectivity index (χ2v) is 3.90. The van der Waals surface area contributed by atoms with Gasteiger partial charge >= 0.3 is 0 Å². The monoisotopic (exact) mass is 213 g/mol. The standard InChI is InChI=1S/C6H8N2O2S.C2H3N/c7-5-1-3-6(4-2-5)11(8,9)10;1-2-3/h1-4H,7H2,(H2,8,9,10);1H3. The molecule has 5 nitrogen and oxygen atoms in total. The third-order valence-corrected chi connectivity index (χ3v) is 2.14. The number of primary sulfonamides is 1. The van der Waals surface area contributed by atoms with E-state index in [0.29, 0.717) is 5.69 Å². The Morgan fingerprint density at radius 3 is 1.93 bits per heavy atom. The lowest BCUT2D eigenvalue weighted by Crippen LogP contribution is -2.11. The van der Waals surface area contributed by atoms with Gasteiger partial charge in [0, 0.05) is 12.6 Å². The van der Waals surface area contributed by atoms with Gasteiger partial charge in [-0.3, -0.25) is 0 Å². The van der Waals surface area contributed by atoms with Crippen LogP contribution in [0.2, 0.25) is 0 Å². The van der Waals surface area contributed by atoms with E-state index in [1.165, 1.54) is 31.2 Å². The SMILES string of the molecule is CC#N.Nc1ccc(S(N)(=O)=O)cc1. The Morgan fingerprint density at radius 2 is 1.64 bits per heavy atom. The molecule has 0 aliphatic rings. The fourth-order valence-electron chi connectivity index (χ4n) is 0.658. The van der Waals surface area contributed by atoms with E-state index in [9.17, 15) is 8.42 Å². The van der Waals surface area contributed by atoms with Gasteiger partial charge in [0.15, 0.2) is 0 Å². The van der Waals surface area contributed by atoms with Gasteiger partial charge in [-0.2, -0.15) is 5.26 Å². The maximum Gasteiger partial charge on any atom is 0.238 e. The van der Waals surface area contributed by atoms with Crippen LogP contribution in [0.15, 0.2) is 29.2 Å². The molecule has 0 aromatic heterocycles. The zero-order valence-electron chi connectivity index (χ0n) is 7.64. The molecule has 0 saturated carbocycles. The normalized spacial score (nSPS) is 9.50. The van der Waals surface area contributed by atoms with Crippen molar-refractivity contribution in [3.63, 3.8) is 0 Å². The summed E-state index contributed by atoms with van der Waals surface area (Å²) in [5, 5.41) is 12.2. The second kappa shape index (κ2) is 5.21. The molecule has 0 atom stereocenters. The number of anilines is 1. The summed E-state index contributed by atoms with van der Waals surface area (Å²) in [6.45, 7) is 1.43. The first-order valence-corrected chi connectivity index (χ1v) is 5.15. The van der Waals surface area contributed by atoms with Crippen LogP contribution in [-0.4, -0.2) is 8.42 Å². The quantitative estimate of drug-likeness (QED) is 0.659.